The lowest BCUT2D eigenvalue weighted by Gasteiger charge is -2.20. The van der Waals surface area contributed by atoms with Gasteiger partial charge in [-0.15, -0.1) is 0 Å². The Morgan fingerprint density at radius 2 is 2.12 bits per heavy atom. The molecule has 0 aromatic carbocycles. The molecule has 1 fully saturated rings. The van der Waals surface area contributed by atoms with Crippen molar-refractivity contribution in [2.75, 3.05) is 46.8 Å². The Hall–Kier alpha value is -1.51. The van der Waals surface area contributed by atoms with Crippen molar-refractivity contribution in [3.63, 3.8) is 0 Å². The van der Waals surface area contributed by atoms with E-state index in [9.17, 15) is 18.0 Å². The maximum atomic E-state index is 12.2. The highest BCUT2D eigenvalue weighted by Gasteiger charge is 2.29. The van der Waals surface area contributed by atoms with Gasteiger partial charge in [-0.25, -0.2) is 0 Å². The molecule has 1 atom stereocenters. The van der Waals surface area contributed by atoms with Crippen molar-refractivity contribution in [3.8, 4) is 0 Å². The van der Waals surface area contributed by atoms with Gasteiger partial charge in [0.2, 0.25) is 5.91 Å². The maximum absolute atomic E-state index is 12.2. The Bertz CT molecular complexity index is 428. The van der Waals surface area contributed by atoms with Crippen LogP contribution in [0.4, 0.5) is 13.2 Å². The van der Waals surface area contributed by atoms with E-state index in [2.05, 4.69) is 15.6 Å². The van der Waals surface area contributed by atoms with Crippen LogP contribution in [-0.2, 0) is 4.79 Å². The van der Waals surface area contributed by atoms with Crippen molar-refractivity contribution >= 4 is 11.9 Å². The van der Waals surface area contributed by atoms with E-state index in [0.717, 1.165) is 13.0 Å². The normalized spacial score (nSPS) is 19.0. The molecule has 1 rings (SSSR count). The van der Waals surface area contributed by atoms with Gasteiger partial charge in [-0.3, -0.25) is 14.7 Å². The molecule has 0 aliphatic carbocycles. The molecule has 0 saturated carbocycles. The van der Waals surface area contributed by atoms with Crippen molar-refractivity contribution < 1.29 is 18.0 Å². The van der Waals surface area contributed by atoms with Gasteiger partial charge < -0.3 is 15.5 Å². The van der Waals surface area contributed by atoms with Gasteiger partial charge in [-0.05, 0) is 26.4 Å². The molecular formula is C15H28F3N5O. The third-order valence-corrected chi connectivity index (χ3v) is 3.87. The average molecular weight is 351 g/mol. The number of alkyl halides is 3. The fourth-order valence-corrected chi connectivity index (χ4v) is 2.66. The Kier molecular flexibility index (Phi) is 8.30. The Balaban J connectivity index is 2.23. The molecule has 2 N–H and O–H groups in total. The number of hydrogen-bond acceptors (Lipinski definition) is 3. The Morgan fingerprint density at radius 3 is 2.71 bits per heavy atom. The van der Waals surface area contributed by atoms with Gasteiger partial charge in [0.1, 0.15) is 0 Å². The molecule has 6 nitrogen and oxygen atoms in total. The fourth-order valence-electron chi connectivity index (χ4n) is 2.66. The molecule has 1 saturated heterocycles. The van der Waals surface area contributed by atoms with E-state index in [4.69, 9.17) is 0 Å². The zero-order valence-electron chi connectivity index (χ0n) is 14.6. The predicted octanol–water partition coefficient (Wildman–Crippen LogP) is 1.05. The molecule has 0 bridgehead atoms. The van der Waals surface area contributed by atoms with E-state index < -0.39 is 12.7 Å². The number of nitrogens with zero attached hydrogens (tertiary/aromatic N) is 3. The van der Waals surface area contributed by atoms with Crippen LogP contribution in [0.2, 0.25) is 0 Å². The summed E-state index contributed by atoms with van der Waals surface area (Å²) in [6.07, 6.45) is -2.21. The SMILES string of the molecule is CCC(=O)N1CCC(NC(=NC)NCCCN(C)CC(F)(F)F)C1. The summed E-state index contributed by atoms with van der Waals surface area (Å²) in [5, 5.41) is 6.35. The summed E-state index contributed by atoms with van der Waals surface area (Å²) in [6, 6.07) is 0.152. The summed E-state index contributed by atoms with van der Waals surface area (Å²) >= 11 is 0. The third kappa shape index (κ3) is 7.85. The van der Waals surface area contributed by atoms with E-state index in [-0.39, 0.29) is 11.9 Å². The highest BCUT2D eigenvalue weighted by Crippen LogP contribution is 2.15. The van der Waals surface area contributed by atoms with E-state index in [1.165, 1.54) is 11.9 Å². The third-order valence-electron chi connectivity index (χ3n) is 3.87. The molecule has 1 unspecified atom stereocenters. The van der Waals surface area contributed by atoms with Crippen LogP contribution >= 0.6 is 0 Å². The first-order valence-electron chi connectivity index (χ1n) is 8.25. The number of rotatable bonds is 7. The second-order valence-electron chi connectivity index (χ2n) is 6.03. The van der Waals surface area contributed by atoms with Crippen LogP contribution in [0.25, 0.3) is 0 Å². The number of carbonyl (C=O) groups is 1. The zero-order chi connectivity index (χ0) is 18.2. The highest BCUT2D eigenvalue weighted by molar-refractivity contribution is 5.80. The lowest BCUT2D eigenvalue weighted by molar-refractivity contribution is -0.143. The minimum Gasteiger partial charge on any atom is -0.356 e. The van der Waals surface area contributed by atoms with Gasteiger partial charge in [0, 0.05) is 39.1 Å². The summed E-state index contributed by atoms with van der Waals surface area (Å²) in [4.78, 5) is 18.9. The monoisotopic (exact) mass is 351 g/mol. The number of carbonyl (C=O) groups excluding carboxylic acids is 1. The van der Waals surface area contributed by atoms with Crippen LogP contribution in [-0.4, -0.2) is 80.7 Å². The largest absolute Gasteiger partial charge is 0.401 e. The molecule has 0 radical (unpaired) electrons. The minimum atomic E-state index is -4.16. The first kappa shape index (κ1) is 20.5. The van der Waals surface area contributed by atoms with Gasteiger partial charge in [0.05, 0.1) is 6.54 Å². The summed E-state index contributed by atoms with van der Waals surface area (Å²) in [5.41, 5.74) is 0. The standard InChI is InChI=1S/C15H28F3N5O/c1-4-13(24)23-9-6-12(10-23)21-14(19-2)20-7-5-8-22(3)11-15(16,17)18/h12H,4-11H2,1-3H3,(H2,19,20,21). The van der Waals surface area contributed by atoms with E-state index in [1.54, 1.807) is 7.05 Å². The van der Waals surface area contributed by atoms with Crippen molar-refractivity contribution in [1.82, 2.24) is 20.4 Å². The Labute approximate surface area is 141 Å². The number of amides is 1. The average Bonchev–Trinajstić information content (AvgIpc) is 2.96. The van der Waals surface area contributed by atoms with Crippen molar-refractivity contribution in [3.05, 3.63) is 0 Å². The second-order valence-corrected chi connectivity index (χ2v) is 6.03. The molecule has 140 valence electrons. The molecule has 0 spiro atoms. The summed E-state index contributed by atoms with van der Waals surface area (Å²) in [7, 11) is 3.10. The van der Waals surface area contributed by atoms with Crippen molar-refractivity contribution in [2.24, 2.45) is 4.99 Å². The van der Waals surface area contributed by atoms with Crippen molar-refractivity contribution in [1.29, 1.82) is 0 Å². The van der Waals surface area contributed by atoms with Crippen LogP contribution in [0.5, 0.6) is 0 Å². The lowest BCUT2D eigenvalue weighted by atomic mass is 10.3. The molecule has 1 aliphatic rings. The molecule has 0 aromatic heterocycles. The molecule has 1 amide bonds. The first-order valence-corrected chi connectivity index (χ1v) is 8.25. The second kappa shape index (κ2) is 9.71. The number of nitrogens with one attached hydrogen (secondary N) is 2. The lowest BCUT2D eigenvalue weighted by Crippen LogP contribution is -2.45. The Morgan fingerprint density at radius 1 is 1.42 bits per heavy atom. The van der Waals surface area contributed by atoms with Crippen LogP contribution in [0.3, 0.4) is 0 Å². The summed E-state index contributed by atoms with van der Waals surface area (Å²) in [6.45, 7) is 3.23. The summed E-state index contributed by atoms with van der Waals surface area (Å²) in [5.74, 6) is 0.763. The van der Waals surface area contributed by atoms with Crippen molar-refractivity contribution in [2.45, 2.75) is 38.4 Å². The quantitative estimate of drug-likeness (QED) is 0.409. The molecule has 9 heteroatoms. The molecule has 1 aliphatic heterocycles. The molecule has 1 heterocycles. The van der Waals surface area contributed by atoms with Gasteiger partial charge >= 0.3 is 6.18 Å². The number of guanidine groups is 1. The van der Waals surface area contributed by atoms with E-state index in [1.807, 2.05) is 11.8 Å². The number of halogens is 3. The number of likely N-dealkylation sites (tertiary alicyclic amines) is 1. The molecule has 0 aromatic rings. The van der Waals surface area contributed by atoms with Crippen LogP contribution in [0.1, 0.15) is 26.2 Å². The van der Waals surface area contributed by atoms with Crippen LogP contribution in [0, 0.1) is 0 Å². The molecular weight excluding hydrogens is 323 g/mol. The maximum Gasteiger partial charge on any atom is 0.401 e. The van der Waals surface area contributed by atoms with Crippen LogP contribution in [0.15, 0.2) is 4.99 Å². The van der Waals surface area contributed by atoms with E-state index in [0.29, 0.717) is 38.4 Å². The van der Waals surface area contributed by atoms with Gasteiger partial charge in [-0.2, -0.15) is 13.2 Å². The predicted molar refractivity (Wildman–Crippen MR) is 87.9 cm³/mol. The smallest absolute Gasteiger partial charge is 0.356 e. The minimum absolute atomic E-state index is 0.148. The topological polar surface area (TPSA) is 60.0 Å². The van der Waals surface area contributed by atoms with E-state index >= 15 is 0 Å². The summed E-state index contributed by atoms with van der Waals surface area (Å²) < 4.78 is 36.7. The highest BCUT2D eigenvalue weighted by atomic mass is 19.4. The van der Waals surface area contributed by atoms with Crippen LogP contribution < -0.4 is 10.6 Å². The van der Waals surface area contributed by atoms with Gasteiger partial charge in [-0.1, -0.05) is 6.92 Å². The first-order chi connectivity index (χ1) is 11.2. The molecule has 24 heavy (non-hydrogen) atoms. The van der Waals surface area contributed by atoms with Gasteiger partial charge in [0.25, 0.3) is 0 Å². The number of aliphatic imine (C=N–C) groups is 1. The number of hydrogen-bond donors (Lipinski definition) is 2. The fraction of sp³-hybridized carbons (Fsp3) is 0.867. The van der Waals surface area contributed by atoms with Gasteiger partial charge in [0.15, 0.2) is 5.96 Å². The zero-order valence-corrected chi connectivity index (χ0v) is 14.6.